The van der Waals surface area contributed by atoms with Crippen molar-refractivity contribution >= 4 is 48.9 Å². The highest BCUT2D eigenvalue weighted by Crippen LogP contribution is 2.38. The molecule has 0 aliphatic heterocycles. The molecule has 6 heteroatoms. The van der Waals surface area contributed by atoms with E-state index in [4.69, 9.17) is 0 Å². The Kier molecular flexibility index (Phi) is 3.41. The number of benzene rings is 1. The monoisotopic (exact) mass is 361 g/mol. The van der Waals surface area contributed by atoms with Gasteiger partial charge in [-0.1, -0.05) is 12.1 Å². The highest BCUT2D eigenvalue weighted by molar-refractivity contribution is 9.13. The van der Waals surface area contributed by atoms with Gasteiger partial charge in [-0.05, 0) is 43.5 Å². The van der Waals surface area contributed by atoms with Crippen LogP contribution in [0.25, 0.3) is 10.4 Å². The summed E-state index contributed by atoms with van der Waals surface area (Å²) in [6.45, 7) is 0. The number of nitrogens with zero attached hydrogens (tertiary/aromatic N) is 1. The third-order valence-electron chi connectivity index (χ3n) is 1.99. The van der Waals surface area contributed by atoms with Crippen LogP contribution < -0.4 is 0 Å². The zero-order chi connectivity index (χ0) is 11.7. The lowest BCUT2D eigenvalue weighted by atomic mass is 10.2. The van der Waals surface area contributed by atoms with Crippen LogP contribution in [0.5, 0.6) is 0 Å². The predicted molar refractivity (Wildman–Crippen MR) is 71.8 cm³/mol. The van der Waals surface area contributed by atoms with E-state index >= 15 is 0 Å². The number of nitro benzene ring substituents is 1. The van der Waals surface area contributed by atoms with Crippen LogP contribution in [0.4, 0.5) is 5.69 Å². The molecule has 82 valence electrons. The van der Waals surface area contributed by atoms with Gasteiger partial charge in [0.25, 0.3) is 5.69 Å². The Morgan fingerprint density at radius 3 is 2.56 bits per heavy atom. The van der Waals surface area contributed by atoms with Gasteiger partial charge in [0.1, 0.15) is 0 Å². The molecule has 0 radical (unpaired) electrons. The zero-order valence-corrected chi connectivity index (χ0v) is 11.8. The van der Waals surface area contributed by atoms with Crippen LogP contribution in [0.2, 0.25) is 0 Å². The highest BCUT2D eigenvalue weighted by Gasteiger charge is 2.10. The average Bonchev–Trinajstić information content (AvgIpc) is 2.59. The molecule has 1 aromatic carbocycles. The largest absolute Gasteiger partial charge is 0.270 e. The first-order valence-electron chi connectivity index (χ1n) is 4.27. The second kappa shape index (κ2) is 4.65. The van der Waals surface area contributed by atoms with Crippen molar-refractivity contribution in [1.82, 2.24) is 0 Å². The average molecular weight is 363 g/mol. The summed E-state index contributed by atoms with van der Waals surface area (Å²) in [6, 6.07) is 8.55. The van der Waals surface area contributed by atoms with Gasteiger partial charge in [-0.2, -0.15) is 0 Å². The molecule has 2 rings (SSSR count). The summed E-state index contributed by atoms with van der Waals surface area (Å²) in [5, 5.41) is 10.6. The molecule has 0 unspecified atom stereocenters. The van der Waals surface area contributed by atoms with E-state index in [2.05, 4.69) is 31.9 Å². The summed E-state index contributed by atoms with van der Waals surface area (Å²) in [5.74, 6) is 0. The van der Waals surface area contributed by atoms with Crippen molar-refractivity contribution in [2.75, 3.05) is 0 Å². The number of halogens is 2. The number of hydrogen-bond acceptors (Lipinski definition) is 3. The Hall–Kier alpha value is -0.720. The first kappa shape index (κ1) is 11.8. The van der Waals surface area contributed by atoms with Crippen LogP contribution in [0.15, 0.2) is 38.6 Å². The lowest BCUT2D eigenvalue weighted by Crippen LogP contribution is -1.87. The first-order chi connectivity index (χ1) is 7.58. The second-order valence-electron chi connectivity index (χ2n) is 3.04. The fourth-order valence-electron chi connectivity index (χ4n) is 1.26. The van der Waals surface area contributed by atoms with Gasteiger partial charge in [-0.3, -0.25) is 10.1 Å². The molecule has 0 fully saturated rings. The number of rotatable bonds is 2. The van der Waals surface area contributed by atoms with Crippen LogP contribution in [0, 0.1) is 10.1 Å². The van der Waals surface area contributed by atoms with Crippen LogP contribution in [-0.2, 0) is 0 Å². The molecule has 1 heterocycles. The summed E-state index contributed by atoms with van der Waals surface area (Å²) >= 11 is 8.32. The SMILES string of the molecule is O=[N+]([O-])c1cccc(-c2cc(Br)c(Br)s2)c1. The lowest BCUT2D eigenvalue weighted by Gasteiger charge is -1.96. The maximum Gasteiger partial charge on any atom is 0.270 e. The summed E-state index contributed by atoms with van der Waals surface area (Å²) in [5.41, 5.74) is 0.962. The quantitative estimate of drug-likeness (QED) is 0.566. The minimum atomic E-state index is -0.388. The van der Waals surface area contributed by atoms with Crippen molar-refractivity contribution in [3.05, 3.63) is 48.7 Å². The van der Waals surface area contributed by atoms with Crippen LogP contribution in [0.1, 0.15) is 0 Å². The van der Waals surface area contributed by atoms with Gasteiger partial charge < -0.3 is 0 Å². The number of hydrogen-bond donors (Lipinski definition) is 0. The van der Waals surface area contributed by atoms with E-state index < -0.39 is 0 Å². The van der Waals surface area contributed by atoms with Crippen molar-refractivity contribution in [2.45, 2.75) is 0 Å². The minimum Gasteiger partial charge on any atom is -0.258 e. The van der Waals surface area contributed by atoms with Gasteiger partial charge in [0.2, 0.25) is 0 Å². The molecule has 0 aliphatic carbocycles. The fraction of sp³-hybridized carbons (Fsp3) is 0. The fourth-order valence-corrected chi connectivity index (χ4v) is 3.29. The van der Waals surface area contributed by atoms with E-state index in [1.54, 1.807) is 12.1 Å². The van der Waals surface area contributed by atoms with Gasteiger partial charge >= 0.3 is 0 Å². The maximum atomic E-state index is 10.6. The Balaban J connectivity index is 2.48. The van der Waals surface area contributed by atoms with E-state index in [1.165, 1.54) is 17.4 Å². The summed E-state index contributed by atoms with van der Waals surface area (Å²) < 4.78 is 1.94. The molecule has 2 aromatic rings. The Bertz CT molecular complexity index is 534. The third kappa shape index (κ3) is 2.34. The molecule has 16 heavy (non-hydrogen) atoms. The van der Waals surface area contributed by atoms with Gasteiger partial charge in [0, 0.05) is 21.5 Å². The highest BCUT2D eigenvalue weighted by atomic mass is 79.9. The van der Waals surface area contributed by atoms with Gasteiger partial charge in [-0.25, -0.2) is 0 Å². The van der Waals surface area contributed by atoms with Gasteiger partial charge in [-0.15, -0.1) is 11.3 Å². The number of thiophene rings is 1. The van der Waals surface area contributed by atoms with E-state index in [0.29, 0.717) is 0 Å². The Morgan fingerprint density at radius 1 is 1.25 bits per heavy atom. The molecule has 0 bridgehead atoms. The van der Waals surface area contributed by atoms with Crippen LogP contribution in [0.3, 0.4) is 0 Å². The summed E-state index contributed by atoms with van der Waals surface area (Å²) in [7, 11) is 0. The van der Waals surface area contributed by atoms with Crippen molar-refractivity contribution in [3.63, 3.8) is 0 Å². The first-order valence-corrected chi connectivity index (χ1v) is 6.68. The van der Waals surface area contributed by atoms with E-state index in [9.17, 15) is 10.1 Å². The molecule has 0 amide bonds. The zero-order valence-electron chi connectivity index (χ0n) is 7.81. The van der Waals surface area contributed by atoms with Crippen LogP contribution in [-0.4, -0.2) is 4.92 Å². The third-order valence-corrected chi connectivity index (χ3v) is 5.29. The van der Waals surface area contributed by atoms with Gasteiger partial charge in [0.15, 0.2) is 0 Å². The summed E-state index contributed by atoms with van der Waals surface area (Å²) in [4.78, 5) is 11.2. The molecule has 0 saturated heterocycles. The number of nitro groups is 1. The predicted octanol–water partition coefficient (Wildman–Crippen LogP) is 4.85. The summed E-state index contributed by atoms with van der Waals surface area (Å²) in [6.07, 6.45) is 0. The minimum absolute atomic E-state index is 0.109. The molecule has 0 spiro atoms. The standard InChI is InChI=1S/C10H5Br2NO2S/c11-8-5-9(16-10(8)12)6-2-1-3-7(4-6)13(14)15/h1-5H. The molecule has 0 saturated carbocycles. The maximum absolute atomic E-state index is 10.6. The Morgan fingerprint density at radius 2 is 2.00 bits per heavy atom. The normalized spacial score (nSPS) is 10.4. The van der Waals surface area contributed by atoms with E-state index in [-0.39, 0.29) is 10.6 Å². The lowest BCUT2D eigenvalue weighted by molar-refractivity contribution is -0.384. The van der Waals surface area contributed by atoms with Crippen molar-refractivity contribution in [2.24, 2.45) is 0 Å². The second-order valence-corrected chi connectivity index (χ2v) is 6.26. The van der Waals surface area contributed by atoms with E-state index in [0.717, 1.165) is 18.7 Å². The Labute approximate surface area is 113 Å². The molecule has 0 N–H and O–H groups in total. The molecule has 0 atom stereocenters. The molecular weight excluding hydrogens is 358 g/mol. The van der Waals surface area contributed by atoms with Crippen molar-refractivity contribution < 1.29 is 4.92 Å². The number of non-ortho nitro benzene ring substituents is 1. The molecule has 1 aromatic heterocycles. The van der Waals surface area contributed by atoms with Crippen molar-refractivity contribution in [1.29, 1.82) is 0 Å². The smallest absolute Gasteiger partial charge is 0.258 e. The molecule has 3 nitrogen and oxygen atoms in total. The van der Waals surface area contributed by atoms with Crippen LogP contribution >= 0.6 is 43.2 Å². The van der Waals surface area contributed by atoms with Gasteiger partial charge in [0.05, 0.1) is 8.71 Å². The van der Waals surface area contributed by atoms with Crippen molar-refractivity contribution in [3.8, 4) is 10.4 Å². The molecular formula is C10H5Br2NO2S. The van der Waals surface area contributed by atoms with E-state index in [1.807, 2.05) is 12.1 Å². The molecule has 0 aliphatic rings. The topological polar surface area (TPSA) is 43.1 Å².